The van der Waals surface area contributed by atoms with Gasteiger partial charge in [0.05, 0.1) is 0 Å². The Morgan fingerprint density at radius 3 is 2.48 bits per heavy atom. The van der Waals surface area contributed by atoms with Crippen molar-refractivity contribution in [3.63, 3.8) is 0 Å². The molecule has 0 spiro atoms. The Bertz CT molecular complexity index is 840. The van der Waals surface area contributed by atoms with Crippen molar-refractivity contribution >= 4 is 35.8 Å². The highest BCUT2D eigenvalue weighted by Crippen LogP contribution is 2.15. The van der Waals surface area contributed by atoms with Gasteiger partial charge in [0.1, 0.15) is 12.4 Å². The van der Waals surface area contributed by atoms with Crippen LogP contribution < -0.4 is 15.4 Å². The Morgan fingerprint density at radius 1 is 1.13 bits per heavy atom. The molecule has 168 valence electrons. The minimum Gasteiger partial charge on any atom is -0.489 e. The number of hydrogen-bond acceptors (Lipinski definition) is 3. The van der Waals surface area contributed by atoms with E-state index >= 15 is 0 Å². The van der Waals surface area contributed by atoms with Crippen LogP contribution in [0.2, 0.25) is 0 Å². The van der Waals surface area contributed by atoms with Crippen molar-refractivity contribution < 1.29 is 9.53 Å². The summed E-state index contributed by atoms with van der Waals surface area (Å²) in [5.41, 5.74) is 2.30. The third-order valence-electron chi connectivity index (χ3n) is 5.19. The molecule has 6 nitrogen and oxygen atoms in total. The first-order chi connectivity index (χ1) is 14.5. The summed E-state index contributed by atoms with van der Waals surface area (Å²) in [6.07, 6.45) is 0.937. The smallest absolute Gasteiger partial charge is 0.225 e. The largest absolute Gasteiger partial charge is 0.489 e. The maximum Gasteiger partial charge on any atom is 0.225 e. The van der Waals surface area contributed by atoms with Crippen molar-refractivity contribution in [2.75, 3.05) is 20.1 Å². The molecule has 0 bridgehead atoms. The van der Waals surface area contributed by atoms with Gasteiger partial charge in [-0.3, -0.25) is 9.79 Å². The molecule has 0 saturated carbocycles. The van der Waals surface area contributed by atoms with Crippen molar-refractivity contribution in [3.05, 3.63) is 65.7 Å². The van der Waals surface area contributed by atoms with E-state index in [0.29, 0.717) is 13.2 Å². The summed E-state index contributed by atoms with van der Waals surface area (Å²) in [5.74, 6) is 1.87. The number of hydrogen-bond donors (Lipinski definition) is 2. The molecule has 3 rings (SSSR count). The minimum atomic E-state index is 0. The van der Waals surface area contributed by atoms with E-state index in [1.165, 1.54) is 0 Å². The van der Waals surface area contributed by atoms with Gasteiger partial charge in [-0.05, 0) is 29.7 Å². The molecule has 1 atom stereocenters. The molecule has 1 amide bonds. The van der Waals surface area contributed by atoms with Crippen LogP contribution in [0.25, 0.3) is 0 Å². The van der Waals surface area contributed by atoms with Crippen LogP contribution in [0.1, 0.15) is 31.4 Å². The maximum absolute atomic E-state index is 12.2. The lowest BCUT2D eigenvalue weighted by atomic mass is 10.2. The predicted molar refractivity (Wildman–Crippen MR) is 136 cm³/mol. The monoisotopic (exact) mass is 536 g/mol. The molecule has 2 aromatic carbocycles. The summed E-state index contributed by atoms with van der Waals surface area (Å²) in [6, 6.07) is 18.5. The lowest BCUT2D eigenvalue weighted by Crippen LogP contribution is -2.45. The van der Waals surface area contributed by atoms with Crippen LogP contribution in [0.5, 0.6) is 5.75 Å². The zero-order valence-electron chi connectivity index (χ0n) is 18.5. The Hall–Kier alpha value is -2.29. The number of aliphatic imine (C=N–C) groups is 1. The minimum absolute atomic E-state index is 0. The first kappa shape index (κ1) is 25.0. The van der Waals surface area contributed by atoms with E-state index in [2.05, 4.69) is 39.9 Å². The summed E-state index contributed by atoms with van der Waals surface area (Å²) in [6.45, 7) is 6.65. The molecule has 1 unspecified atom stereocenters. The molecule has 1 aliphatic rings. The van der Waals surface area contributed by atoms with Crippen LogP contribution in [-0.2, 0) is 17.9 Å². The van der Waals surface area contributed by atoms with Crippen molar-refractivity contribution in [2.45, 2.75) is 39.5 Å². The molecule has 0 aromatic heterocycles. The van der Waals surface area contributed by atoms with E-state index in [0.717, 1.165) is 42.3 Å². The SMILES string of the molecule is CN=C(NCc1ccc(OCc2ccccc2)cc1)NC1CCN(C(=O)C(C)C)C1.I. The van der Waals surface area contributed by atoms with E-state index in [9.17, 15) is 4.79 Å². The Labute approximate surface area is 202 Å². The van der Waals surface area contributed by atoms with Crippen LogP contribution in [0, 0.1) is 5.92 Å². The zero-order chi connectivity index (χ0) is 21.3. The van der Waals surface area contributed by atoms with E-state index in [1.54, 1.807) is 7.05 Å². The first-order valence-corrected chi connectivity index (χ1v) is 10.6. The highest BCUT2D eigenvalue weighted by molar-refractivity contribution is 14.0. The van der Waals surface area contributed by atoms with E-state index < -0.39 is 0 Å². The van der Waals surface area contributed by atoms with Crippen LogP contribution in [0.15, 0.2) is 59.6 Å². The lowest BCUT2D eigenvalue weighted by molar-refractivity contribution is -0.133. The van der Waals surface area contributed by atoms with Crippen LogP contribution in [0.4, 0.5) is 0 Å². The fraction of sp³-hybridized carbons (Fsp3) is 0.417. The quantitative estimate of drug-likeness (QED) is 0.321. The summed E-state index contributed by atoms with van der Waals surface area (Å²) in [5, 5.41) is 6.78. The fourth-order valence-electron chi connectivity index (χ4n) is 3.46. The molecule has 7 heteroatoms. The molecule has 2 aromatic rings. The standard InChI is InChI=1S/C24H32N4O2.HI/c1-18(2)23(29)28-14-13-21(16-28)27-24(25-3)26-15-19-9-11-22(12-10-19)30-17-20-7-5-4-6-8-20;/h4-12,18,21H,13-17H2,1-3H3,(H2,25,26,27);1H. The molecule has 0 aliphatic carbocycles. The number of nitrogens with zero attached hydrogens (tertiary/aromatic N) is 2. The van der Waals surface area contributed by atoms with Gasteiger partial charge in [0.15, 0.2) is 5.96 Å². The van der Waals surface area contributed by atoms with Crippen molar-refractivity contribution in [1.29, 1.82) is 0 Å². The third-order valence-corrected chi connectivity index (χ3v) is 5.19. The predicted octanol–water partition coefficient (Wildman–Crippen LogP) is 3.81. The highest BCUT2D eigenvalue weighted by atomic mass is 127. The molecule has 2 N–H and O–H groups in total. The Balaban J connectivity index is 0.00000341. The summed E-state index contributed by atoms with van der Waals surface area (Å²) in [7, 11) is 1.77. The van der Waals surface area contributed by atoms with Gasteiger partial charge in [0.2, 0.25) is 5.91 Å². The van der Waals surface area contributed by atoms with Crippen molar-refractivity contribution in [2.24, 2.45) is 10.9 Å². The molecule has 1 heterocycles. The van der Waals surface area contributed by atoms with Gasteiger partial charge >= 0.3 is 0 Å². The number of likely N-dealkylation sites (tertiary alicyclic amines) is 1. The maximum atomic E-state index is 12.2. The van der Waals surface area contributed by atoms with Crippen LogP contribution in [-0.4, -0.2) is 42.9 Å². The Morgan fingerprint density at radius 2 is 1.84 bits per heavy atom. The van der Waals surface area contributed by atoms with Crippen molar-refractivity contribution in [3.8, 4) is 5.75 Å². The number of amides is 1. The van der Waals surface area contributed by atoms with Gasteiger partial charge in [0.25, 0.3) is 0 Å². The number of rotatable bonds is 7. The van der Waals surface area contributed by atoms with E-state index in [1.807, 2.05) is 49.1 Å². The van der Waals surface area contributed by atoms with Gasteiger partial charge < -0.3 is 20.3 Å². The van der Waals surface area contributed by atoms with E-state index in [4.69, 9.17) is 4.74 Å². The topological polar surface area (TPSA) is 66.0 Å². The van der Waals surface area contributed by atoms with Gasteiger partial charge in [-0.1, -0.05) is 56.3 Å². The number of halogens is 1. The molecule has 31 heavy (non-hydrogen) atoms. The second kappa shape index (κ2) is 12.5. The number of guanidine groups is 1. The Kier molecular flexibility index (Phi) is 10.1. The van der Waals surface area contributed by atoms with Crippen molar-refractivity contribution in [1.82, 2.24) is 15.5 Å². The van der Waals surface area contributed by atoms with Gasteiger partial charge in [-0.2, -0.15) is 0 Å². The number of carbonyl (C=O) groups is 1. The molecule has 0 radical (unpaired) electrons. The molecule has 1 saturated heterocycles. The normalized spacial score (nSPS) is 16.1. The molecule has 1 aliphatic heterocycles. The molecular formula is C24H33IN4O2. The number of benzene rings is 2. The highest BCUT2D eigenvalue weighted by Gasteiger charge is 2.27. The fourth-order valence-corrected chi connectivity index (χ4v) is 3.46. The second-order valence-electron chi connectivity index (χ2n) is 7.91. The zero-order valence-corrected chi connectivity index (χ0v) is 20.8. The molecular weight excluding hydrogens is 503 g/mol. The number of carbonyl (C=O) groups excluding carboxylic acids is 1. The van der Waals surface area contributed by atoms with Crippen LogP contribution >= 0.6 is 24.0 Å². The average Bonchev–Trinajstić information content (AvgIpc) is 3.24. The first-order valence-electron chi connectivity index (χ1n) is 10.6. The summed E-state index contributed by atoms with van der Waals surface area (Å²) >= 11 is 0. The second-order valence-corrected chi connectivity index (χ2v) is 7.91. The number of ether oxygens (including phenoxy) is 1. The average molecular weight is 536 g/mol. The molecule has 1 fully saturated rings. The van der Waals surface area contributed by atoms with Gasteiger partial charge in [0, 0.05) is 38.6 Å². The summed E-state index contributed by atoms with van der Waals surface area (Å²) in [4.78, 5) is 18.4. The lowest BCUT2D eigenvalue weighted by Gasteiger charge is -2.20. The number of nitrogens with one attached hydrogen (secondary N) is 2. The third kappa shape index (κ3) is 7.72. The van der Waals surface area contributed by atoms with E-state index in [-0.39, 0.29) is 41.8 Å². The van der Waals surface area contributed by atoms with Gasteiger partial charge in [-0.15, -0.1) is 24.0 Å². The van der Waals surface area contributed by atoms with Gasteiger partial charge in [-0.25, -0.2) is 0 Å². The van der Waals surface area contributed by atoms with Crippen LogP contribution in [0.3, 0.4) is 0 Å². The summed E-state index contributed by atoms with van der Waals surface area (Å²) < 4.78 is 5.84.